The molecule has 1 aliphatic rings. The molecule has 0 aromatic heterocycles. The molecular weight excluding hydrogens is 126 g/mol. The number of nitrogens with one attached hydrogen (secondary N) is 1. The Hall–Kier alpha value is -0.370. The normalized spacial score (nSPS) is 32.6. The average molecular weight is 141 g/mol. The third kappa shape index (κ3) is 1.37. The van der Waals surface area contributed by atoms with Crippen LogP contribution < -0.4 is 5.32 Å². The molecule has 2 atom stereocenters. The van der Waals surface area contributed by atoms with Gasteiger partial charge in [-0.1, -0.05) is 13.3 Å². The molecule has 1 aliphatic heterocycles. The predicted molar refractivity (Wildman–Crippen MR) is 40.9 cm³/mol. The molecule has 1 saturated heterocycles. The lowest BCUT2D eigenvalue weighted by atomic mass is 9.95. The fourth-order valence-corrected chi connectivity index (χ4v) is 1.67. The first-order chi connectivity index (χ1) is 4.75. The van der Waals surface area contributed by atoms with Gasteiger partial charge >= 0.3 is 0 Å². The van der Waals surface area contributed by atoms with E-state index >= 15 is 0 Å². The lowest BCUT2D eigenvalue weighted by molar-refractivity contribution is -0.119. The van der Waals surface area contributed by atoms with E-state index in [1.54, 1.807) is 6.92 Å². The van der Waals surface area contributed by atoms with Gasteiger partial charge in [0, 0.05) is 0 Å². The molecular formula is C8H15NO. The summed E-state index contributed by atoms with van der Waals surface area (Å²) >= 11 is 0. The van der Waals surface area contributed by atoms with Crippen LogP contribution in [0.3, 0.4) is 0 Å². The molecule has 10 heavy (non-hydrogen) atoms. The van der Waals surface area contributed by atoms with Gasteiger partial charge in [0.15, 0.2) is 0 Å². The van der Waals surface area contributed by atoms with E-state index in [2.05, 4.69) is 12.2 Å². The van der Waals surface area contributed by atoms with Crippen molar-refractivity contribution >= 4 is 5.78 Å². The third-order valence-corrected chi connectivity index (χ3v) is 2.31. The van der Waals surface area contributed by atoms with Crippen molar-refractivity contribution in [2.45, 2.75) is 32.7 Å². The van der Waals surface area contributed by atoms with Crippen LogP contribution in [0.25, 0.3) is 0 Å². The number of carbonyl (C=O) groups excluding carboxylic acids is 1. The highest BCUT2D eigenvalue weighted by Crippen LogP contribution is 2.18. The Morgan fingerprint density at radius 2 is 2.40 bits per heavy atom. The van der Waals surface area contributed by atoms with Gasteiger partial charge in [-0.15, -0.1) is 0 Å². The Labute approximate surface area is 62.0 Å². The minimum atomic E-state index is 0.157. The molecule has 0 aromatic carbocycles. The van der Waals surface area contributed by atoms with Crippen LogP contribution >= 0.6 is 0 Å². The van der Waals surface area contributed by atoms with E-state index in [1.807, 2.05) is 0 Å². The zero-order valence-electron chi connectivity index (χ0n) is 6.68. The minimum Gasteiger partial charge on any atom is -0.307 e. The van der Waals surface area contributed by atoms with Crippen LogP contribution in [0.4, 0.5) is 0 Å². The number of rotatable bonds is 2. The minimum absolute atomic E-state index is 0.157. The van der Waals surface area contributed by atoms with E-state index in [-0.39, 0.29) is 6.04 Å². The van der Waals surface area contributed by atoms with Crippen molar-refractivity contribution in [1.82, 2.24) is 5.32 Å². The van der Waals surface area contributed by atoms with Gasteiger partial charge in [0.2, 0.25) is 0 Å². The van der Waals surface area contributed by atoms with Crippen LogP contribution in [0.2, 0.25) is 0 Å². The van der Waals surface area contributed by atoms with Gasteiger partial charge in [-0.3, -0.25) is 4.79 Å². The van der Waals surface area contributed by atoms with E-state index in [4.69, 9.17) is 0 Å². The number of ketones is 1. The van der Waals surface area contributed by atoms with Gasteiger partial charge in [0.1, 0.15) is 5.78 Å². The largest absolute Gasteiger partial charge is 0.307 e. The Balaban J connectivity index is 2.50. The molecule has 0 radical (unpaired) electrons. The average Bonchev–Trinajstić information content (AvgIpc) is 2.33. The highest BCUT2D eigenvalue weighted by atomic mass is 16.1. The molecule has 2 nitrogen and oxygen atoms in total. The maximum atomic E-state index is 11.0. The molecule has 0 amide bonds. The zero-order chi connectivity index (χ0) is 7.56. The quantitative estimate of drug-likeness (QED) is 0.620. The number of hydrogen-bond acceptors (Lipinski definition) is 2. The summed E-state index contributed by atoms with van der Waals surface area (Å²) in [7, 11) is 0. The SMILES string of the molecule is CCC1CCN[C@@H]1C(C)=O. The monoisotopic (exact) mass is 141 g/mol. The number of carbonyl (C=O) groups is 1. The Bertz CT molecular complexity index is 133. The van der Waals surface area contributed by atoms with E-state index in [9.17, 15) is 4.79 Å². The summed E-state index contributed by atoms with van der Waals surface area (Å²) in [5.41, 5.74) is 0. The van der Waals surface area contributed by atoms with E-state index in [1.165, 1.54) is 6.42 Å². The Kier molecular flexibility index (Phi) is 2.44. The summed E-state index contributed by atoms with van der Waals surface area (Å²) in [5.74, 6) is 0.891. The fourth-order valence-electron chi connectivity index (χ4n) is 1.67. The van der Waals surface area contributed by atoms with Crippen LogP contribution in [0.1, 0.15) is 26.7 Å². The molecule has 0 saturated carbocycles. The van der Waals surface area contributed by atoms with Crippen LogP contribution in [-0.2, 0) is 4.79 Å². The van der Waals surface area contributed by atoms with Crippen molar-refractivity contribution in [3.05, 3.63) is 0 Å². The molecule has 0 bridgehead atoms. The third-order valence-electron chi connectivity index (χ3n) is 2.31. The van der Waals surface area contributed by atoms with Crippen molar-refractivity contribution in [2.75, 3.05) is 6.54 Å². The first-order valence-corrected chi connectivity index (χ1v) is 3.99. The molecule has 58 valence electrons. The molecule has 1 fully saturated rings. The van der Waals surface area contributed by atoms with E-state index in [0.29, 0.717) is 11.7 Å². The van der Waals surface area contributed by atoms with Gasteiger partial charge in [-0.05, 0) is 25.8 Å². The van der Waals surface area contributed by atoms with Crippen LogP contribution in [0.15, 0.2) is 0 Å². The zero-order valence-corrected chi connectivity index (χ0v) is 6.68. The van der Waals surface area contributed by atoms with Crippen molar-refractivity contribution in [3.63, 3.8) is 0 Å². The van der Waals surface area contributed by atoms with Crippen molar-refractivity contribution in [1.29, 1.82) is 0 Å². The first-order valence-electron chi connectivity index (χ1n) is 3.99. The lowest BCUT2D eigenvalue weighted by Gasteiger charge is -2.13. The highest BCUT2D eigenvalue weighted by Gasteiger charge is 2.28. The summed E-state index contributed by atoms with van der Waals surface area (Å²) in [5, 5.41) is 3.21. The predicted octanol–water partition coefficient (Wildman–Crippen LogP) is 0.964. The summed E-state index contributed by atoms with van der Waals surface area (Å²) in [6.45, 7) is 4.84. The molecule has 1 N–H and O–H groups in total. The lowest BCUT2D eigenvalue weighted by Crippen LogP contribution is -2.33. The Morgan fingerprint density at radius 3 is 2.80 bits per heavy atom. The second-order valence-corrected chi connectivity index (χ2v) is 3.00. The second-order valence-electron chi connectivity index (χ2n) is 3.00. The Morgan fingerprint density at radius 1 is 1.70 bits per heavy atom. The fraction of sp³-hybridized carbons (Fsp3) is 0.875. The molecule has 1 rings (SSSR count). The molecule has 1 heterocycles. The summed E-state index contributed by atoms with van der Waals surface area (Å²) in [6.07, 6.45) is 2.29. The van der Waals surface area contributed by atoms with Crippen LogP contribution in [0.5, 0.6) is 0 Å². The number of hydrogen-bond donors (Lipinski definition) is 1. The molecule has 1 unspecified atom stereocenters. The standard InChI is InChI=1S/C8H15NO/c1-3-7-4-5-9-8(7)6(2)10/h7-9H,3-5H2,1-2H3/t7?,8-/m1/s1. The van der Waals surface area contributed by atoms with E-state index < -0.39 is 0 Å². The molecule has 0 aliphatic carbocycles. The van der Waals surface area contributed by atoms with Crippen molar-refractivity contribution in [2.24, 2.45) is 5.92 Å². The molecule has 2 heteroatoms. The van der Waals surface area contributed by atoms with Gasteiger partial charge in [-0.2, -0.15) is 0 Å². The number of Topliss-reactive ketones (excluding diaryl/α,β-unsaturated/α-hetero) is 1. The maximum Gasteiger partial charge on any atom is 0.146 e. The van der Waals surface area contributed by atoms with Crippen molar-refractivity contribution < 1.29 is 4.79 Å². The first kappa shape index (κ1) is 7.73. The smallest absolute Gasteiger partial charge is 0.146 e. The van der Waals surface area contributed by atoms with Gasteiger partial charge in [-0.25, -0.2) is 0 Å². The van der Waals surface area contributed by atoms with E-state index in [0.717, 1.165) is 13.0 Å². The summed E-state index contributed by atoms with van der Waals surface area (Å²) in [6, 6.07) is 0.157. The van der Waals surface area contributed by atoms with Gasteiger partial charge < -0.3 is 5.32 Å². The van der Waals surface area contributed by atoms with Crippen molar-refractivity contribution in [3.8, 4) is 0 Å². The topological polar surface area (TPSA) is 29.1 Å². The summed E-state index contributed by atoms with van der Waals surface area (Å²) < 4.78 is 0. The maximum absolute atomic E-state index is 11.0. The van der Waals surface area contributed by atoms with Crippen LogP contribution in [0, 0.1) is 5.92 Å². The van der Waals surface area contributed by atoms with Gasteiger partial charge in [0.25, 0.3) is 0 Å². The second kappa shape index (κ2) is 3.15. The summed E-state index contributed by atoms with van der Waals surface area (Å²) in [4.78, 5) is 11.0. The highest BCUT2D eigenvalue weighted by molar-refractivity contribution is 5.82. The van der Waals surface area contributed by atoms with Crippen LogP contribution in [-0.4, -0.2) is 18.4 Å². The molecule has 0 spiro atoms. The molecule has 0 aromatic rings. The van der Waals surface area contributed by atoms with Gasteiger partial charge in [0.05, 0.1) is 6.04 Å².